The molecule has 0 fully saturated rings. The van der Waals surface area contributed by atoms with Crippen molar-refractivity contribution in [2.24, 2.45) is 0 Å². The third kappa shape index (κ3) is 9.40. The lowest BCUT2D eigenvalue weighted by Crippen LogP contribution is -2.26. The molecule has 0 aliphatic rings. The van der Waals surface area contributed by atoms with Gasteiger partial charge < -0.3 is 9.73 Å². The van der Waals surface area contributed by atoms with Gasteiger partial charge in [-0.15, -0.1) is 11.8 Å². The topological polar surface area (TPSA) is 109 Å². The molecule has 194 valence electrons. The van der Waals surface area contributed by atoms with Gasteiger partial charge in [-0.2, -0.15) is 0 Å². The van der Waals surface area contributed by atoms with Crippen molar-refractivity contribution in [3.8, 4) is 0 Å². The normalized spacial score (nSPS) is 11.4. The van der Waals surface area contributed by atoms with Crippen molar-refractivity contribution in [3.63, 3.8) is 0 Å². The van der Waals surface area contributed by atoms with Gasteiger partial charge >= 0.3 is 0 Å². The van der Waals surface area contributed by atoms with Crippen molar-refractivity contribution in [3.05, 3.63) is 59.9 Å². The van der Waals surface area contributed by atoms with E-state index in [1.165, 1.54) is 11.3 Å². The van der Waals surface area contributed by atoms with E-state index in [2.05, 4.69) is 36.1 Å². The minimum atomic E-state index is -0.286. The summed E-state index contributed by atoms with van der Waals surface area (Å²) < 4.78 is 6.79. The summed E-state index contributed by atoms with van der Waals surface area (Å²) in [6.07, 6.45) is 7.31. The number of thiazole rings is 1. The molecular formula is C26H34N4O4S2. The third-order valence-electron chi connectivity index (χ3n) is 5.37. The SMILES string of the molecule is CC(C)(C)c1cnc(CSc2cnc(NC(=O)CCCCCCC(=O)N(O)Cc3ccccc3)s2)o1. The summed E-state index contributed by atoms with van der Waals surface area (Å²) >= 11 is 3.01. The van der Waals surface area contributed by atoms with Crippen molar-refractivity contribution < 1.29 is 19.2 Å². The van der Waals surface area contributed by atoms with Crippen LogP contribution in [0.5, 0.6) is 0 Å². The van der Waals surface area contributed by atoms with Gasteiger partial charge in [-0.05, 0) is 18.4 Å². The first-order valence-corrected chi connectivity index (χ1v) is 13.9. The maximum absolute atomic E-state index is 12.2. The van der Waals surface area contributed by atoms with Gasteiger partial charge in [-0.25, -0.2) is 15.0 Å². The molecular weight excluding hydrogens is 496 g/mol. The van der Waals surface area contributed by atoms with E-state index in [0.717, 1.165) is 39.9 Å². The summed E-state index contributed by atoms with van der Waals surface area (Å²) in [5.74, 6) is 1.79. The Balaban J connectivity index is 1.26. The highest BCUT2D eigenvalue weighted by molar-refractivity contribution is 8.00. The van der Waals surface area contributed by atoms with Crippen molar-refractivity contribution in [2.45, 2.75) is 81.2 Å². The second-order valence-electron chi connectivity index (χ2n) is 9.54. The molecule has 0 bridgehead atoms. The van der Waals surface area contributed by atoms with Gasteiger partial charge in [0.2, 0.25) is 17.7 Å². The predicted octanol–water partition coefficient (Wildman–Crippen LogP) is 6.42. The second kappa shape index (κ2) is 13.6. The van der Waals surface area contributed by atoms with Crippen LogP contribution in [0.1, 0.15) is 76.5 Å². The number of unbranched alkanes of at least 4 members (excludes halogenated alkanes) is 3. The molecule has 0 unspecified atom stereocenters. The number of nitrogens with one attached hydrogen (secondary N) is 1. The van der Waals surface area contributed by atoms with Crippen LogP contribution in [0.25, 0.3) is 0 Å². The lowest BCUT2D eigenvalue weighted by atomic mass is 9.94. The molecule has 8 nitrogen and oxygen atoms in total. The van der Waals surface area contributed by atoms with Gasteiger partial charge in [0, 0.05) is 18.3 Å². The molecule has 10 heteroatoms. The van der Waals surface area contributed by atoms with E-state index in [9.17, 15) is 14.8 Å². The number of amides is 2. The fraction of sp³-hybridized carbons (Fsp3) is 0.462. The minimum absolute atomic E-state index is 0.0658. The molecule has 0 spiro atoms. The van der Waals surface area contributed by atoms with Crippen molar-refractivity contribution in [2.75, 3.05) is 5.32 Å². The van der Waals surface area contributed by atoms with E-state index in [1.54, 1.807) is 24.2 Å². The van der Waals surface area contributed by atoms with Gasteiger partial charge in [0.25, 0.3) is 0 Å². The Labute approximate surface area is 220 Å². The van der Waals surface area contributed by atoms with E-state index in [1.807, 2.05) is 30.3 Å². The van der Waals surface area contributed by atoms with Crippen LogP contribution in [0, 0.1) is 0 Å². The Morgan fingerprint density at radius 3 is 2.47 bits per heavy atom. The minimum Gasteiger partial charge on any atom is -0.444 e. The average molecular weight is 531 g/mol. The molecule has 3 aromatic rings. The van der Waals surface area contributed by atoms with Crippen LogP contribution in [0.3, 0.4) is 0 Å². The molecule has 0 aliphatic heterocycles. The molecule has 2 heterocycles. The summed E-state index contributed by atoms with van der Waals surface area (Å²) in [6, 6.07) is 9.38. The number of hydrogen-bond donors (Lipinski definition) is 2. The average Bonchev–Trinajstić information content (AvgIpc) is 3.50. The number of rotatable bonds is 13. The van der Waals surface area contributed by atoms with E-state index < -0.39 is 0 Å². The number of anilines is 1. The van der Waals surface area contributed by atoms with Gasteiger partial charge in [-0.1, -0.05) is 75.3 Å². The van der Waals surface area contributed by atoms with E-state index in [4.69, 9.17) is 4.42 Å². The van der Waals surface area contributed by atoms with Crippen molar-refractivity contribution in [1.29, 1.82) is 0 Å². The number of hydroxylamine groups is 2. The highest BCUT2D eigenvalue weighted by Crippen LogP contribution is 2.31. The zero-order valence-electron chi connectivity index (χ0n) is 21.0. The number of hydrogen-bond acceptors (Lipinski definition) is 8. The number of nitrogens with zero attached hydrogens (tertiary/aromatic N) is 3. The van der Waals surface area contributed by atoms with Crippen molar-refractivity contribution in [1.82, 2.24) is 15.0 Å². The standard InChI is InChI=1S/C26H34N4O4S2/c1-26(2,3)20-15-27-22(34-20)18-35-24-16-28-25(36-24)29-21(31)13-9-4-5-10-14-23(32)30(33)17-19-11-7-6-8-12-19/h6-8,11-12,15-16,33H,4-5,9-10,13-14,17-18H2,1-3H3,(H,28,29,31). The fourth-order valence-electron chi connectivity index (χ4n) is 3.31. The Morgan fingerprint density at radius 2 is 1.78 bits per heavy atom. The maximum Gasteiger partial charge on any atom is 0.246 e. The van der Waals surface area contributed by atoms with Crippen LogP contribution < -0.4 is 5.32 Å². The van der Waals surface area contributed by atoms with Crippen LogP contribution in [-0.2, 0) is 27.3 Å². The molecule has 0 saturated heterocycles. The Morgan fingerprint density at radius 1 is 1.06 bits per heavy atom. The summed E-state index contributed by atoms with van der Waals surface area (Å²) in [4.78, 5) is 32.9. The van der Waals surface area contributed by atoms with E-state index in [0.29, 0.717) is 36.0 Å². The molecule has 3 rings (SSSR count). The Kier molecular flexibility index (Phi) is 10.5. The lowest BCUT2D eigenvalue weighted by Gasteiger charge is -2.14. The van der Waals surface area contributed by atoms with Gasteiger partial charge in [-0.3, -0.25) is 14.8 Å². The highest BCUT2D eigenvalue weighted by Gasteiger charge is 2.19. The quantitative estimate of drug-likeness (QED) is 0.114. The highest BCUT2D eigenvalue weighted by atomic mass is 32.2. The number of aromatic nitrogens is 2. The van der Waals surface area contributed by atoms with E-state index >= 15 is 0 Å². The summed E-state index contributed by atoms with van der Waals surface area (Å²) in [5.41, 5.74) is 0.813. The zero-order valence-corrected chi connectivity index (χ0v) is 22.7. The van der Waals surface area contributed by atoms with Gasteiger partial charge in [0.05, 0.1) is 28.9 Å². The summed E-state index contributed by atoms with van der Waals surface area (Å²) in [7, 11) is 0. The molecule has 0 atom stereocenters. The first kappa shape index (κ1) is 27.9. The smallest absolute Gasteiger partial charge is 0.246 e. The van der Waals surface area contributed by atoms with Crippen molar-refractivity contribution >= 4 is 40.0 Å². The number of benzene rings is 1. The van der Waals surface area contributed by atoms with Crippen LogP contribution >= 0.6 is 23.1 Å². The molecule has 2 N–H and O–H groups in total. The van der Waals surface area contributed by atoms with Gasteiger partial charge in [0.1, 0.15) is 5.76 Å². The second-order valence-corrected chi connectivity index (χ2v) is 11.8. The van der Waals surface area contributed by atoms with E-state index in [-0.39, 0.29) is 23.8 Å². The first-order chi connectivity index (χ1) is 17.2. The molecule has 36 heavy (non-hydrogen) atoms. The monoisotopic (exact) mass is 530 g/mol. The van der Waals surface area contributed by atoms with Crippen LogP contribution in [0.15, 0.2) is 51.4 Å². The van der Waals surface area contributed by atoms with Gasteiger partial charge in [0.15, 0.2) is 5.13 Å². The molecule has 0 aliphatic carbocycles. The number of thioether (sulfide) groups is 1. The van der Waals surface area contributed by atoms with Crippen LogP contribution in [-0.4, -0.2) is 32.1 Å². The lowest BCUT2D eigenvalue weighted by molar-refractivity contribution is -0.168. The zero-order chi connectivity index (χ0) is 26.0. The summed E-state index contributed by atoms with van der Waals surface area (Å²) in [5, 5.41) is 14.1. The molecule has 0 radical (unpaired) electrons. The number of carbonyl (C=O) groups is 2. The summed E-state index contributed by atoms with van der Waals surface area (Å²) in [6.45, 7) is 6.44. The van der Waals surface area contributed by atoms with Crippen LogP contribution in [0.2, 0.25) is 0 Å². The Hall–Kier alpha value is -2.69. The predicted molar refractivity (Wildman–Crippen MR) is 142 cm³/mol. The third-order valence-corrected chi connectivity index (χ3v) is 7.46. The molecule has 2 aromatic heterocycles. The molecule has 2 amide bonds. The molecule has 0 saturated carbocycles. The first-order valence-electron chi connectivity index (χ1n) is 12.1. The largest absolute Gasteiger partial charge is 0.444 e. The Bertz CT molecular complexity index is 1110. The fourth-order valence-corrected chi connectivity index (χ4v) is 5.05. The number of carbonyl (C=O) groups excluding carboxylic acids is 2. The maximum atomic E-state index is 12.2. The van der Waals surface area contributed by atoms with Crippen LogP contribution in [0.4, 0.5) is 5.13 Å². The molecule has 1 aromatic carbocycles. The number of oxazole rings is 1.